The summed E-state index contributed by atoms with van der Waals surface area (Å²) in [6.07, 6.45) is -3.86. The van der Waals surface area contributed by atoms with E-state index in [9.17, 15) is 13.2 Å². The van der Waals surface area contributed by atoms with Gasteiger partial charge in [-0.05, 0) is 23.8 Å². The third-order valence-electron chi connectivity index (χ3n) is 2.48. The highest BCUT2D eigenvalue weighted by Crippen LogP contribution is 2.35. The van der Waals surface area contributed by atoms with Crippen LogP contribution in [0.15, 0.2) is 18.2 Å². The second-order valence-electron chi connectivity index (χ2n) is 3.47. The normalized spacial score (nSPS) is 15.7. The average molecular weight is 231 g/mol. The molecule has 0 aliphatic carbocycles. The molecule has 0 unspecified atom stereocenters. The maximum Gasteiger partial charge on any atom is 0.416 e. The van der Waals surface area contributed by atoms with Crippen molar-refractivity contribution in [3.05, 3.63) is 29.3 Å². The van der Waals surface area contributed by atoms with Gasteiger partial charge in [0.15, 0.2) is 0 Å². The van der Waals surface area contributed by atoms with Crippen LogP contribution in [0.4, 0.5) is 18.9 Å². The third kappa shape index (κ3) is 1.71. The Hall–Kier alpha value is -1.10. The summed E-state index contributed by atoms with van der Waals surface area (Å²) in [5.74, 6) is 0. The summed E-state index contributed by atoms with van der Waals surface area (Å²) in [7, 11) is 1.77. The number of anilines is 1. The minimum absolute atomic E-state index is 0.422. The first kappa shape index (κ1) is 10.4. The fourth-order valence-electron chi connectivity index (χ4n) is 1.65. The van der Waals surface area contributed by atoms with E-state index >= 15 is 0 Å². The number of halogens is 3. The van der Waals surface area contributed by atoms with Gasteiger partial charge in [0.2, 0.25) is 0 Å². The Morgan fingerprint density at radius 1 is 1.33 bits per heavy atom. The van der Waals surface area contributed by atoms with Crippen molar-refractivity contribution in [3.8, 4) is 0 Å². The molecule has 0 saturated carbocycles. The van der Waals surface area contributed by atoms with Crippen LogP contribution in [0.25, 0.3) is 0 Å². The van der Waals surface area contributed by atoms with Crippen LogP contribution in [0.5, 0.6) is 0 Å². The standard InChI is InChI=1S/C10H8F3NS/c1-14-8-3-2-7(10(11,12)13)4-6(8)5-9(14)15/h2-4H,5H2,1H3. The van der Waals surface area contributed by atoms with E-state index in [0.717, 1.165) is 11.8 Å². The van der Waals surface area contributed by atoms with E-state index in [1.54, 1.807) is 11.9 Å². The lowest BCUT2D eigenvalue weighted by Crippen LogP contribution is -2.18. The molecule has 2 rings (SSSR count). The van der Waals surface area contributed by atoms with Crippen LogP contribution in [-0.2, 0) is 12.6 Å². The Kier molecular flexibility index (Phi) is 2.22. The van der Waals surface area contributed by atoms with Gasteiger partial charge in [-0.1, -0.05) is 12.2 Å². The Bertz CT molecular complexity index is 425. The molecular formula is C10H8F3NS. The third-order valence-corrected chi connectivity index (χ3v) is 2.90. The minimum Gasteiger partial charge on any atom is -0.339 e. The van der Waals surface area contributed by atoms with Gasteiger partial charge in [-0.25, -0.2) is 0 Å². The van der Waals surface area contributed by atoms with Crippen LogP contribution in [0.3, 0.4) is 0 Å². The zero-order chi connectivity index (χ0) is 11.2. The molecule has 1 aromatic carbocycles. The highest BCUT2D eigenvalue weighted by molar-refractivity contribution is 7.80. The van der Waals surface area contributed by atoms with Gasteiger partial charge in [0.1, 0.15) is 0 Å². The van der Waals surface area contributed by atoms with Gasteiger partial charge < -0.3 is 4.90 Å². The lowest BCUT2D eigenvalue weighted by molar-refractivity contribution is -0.137. The molecule has 1 nitrogen and oxygen atoms in total. The molecule has 0 aromatic heterocycles. The number of nitrogens with zero attached hydrogens (tertiary/aromatic N) is 1. The lowest BCUT2D eigenvalue weighted by Gasteiger charge is -2.13. The molecule has 0 N–H and O–H groups in total. The van der Waals surface area contributed by atoms with Crippen LogP contribution in [-0.4, -0.2) is 12.0 Å². The second kappa shape index (κ2) is 3.20. The summed E-state index contributed by atoms with van der Waals surface area (Å²) in [5, 5.41) is 0. The predicted octanol–water partition coefficient (Wildman–Crippen LogP) is 3.03. The largest absolute Gasteiger partial charge is 0.416 e. The molecule has 1 aromatic rings. The summed E-state index contributed by atoms with van der Waals surface area (Å²) in [6, 6.07) is 3.73. The summed E-state index contributed by atoms with van der Waals surface area (Å²) in [6.45, 7) is 0. The molecule has 1 aliphatic heterocycles. The number of fused-ring (bicyclic) bond motifs is 1. The fraction of sp³-hybridized carbons (Fsp3) is 0.300. The van der Waals surface area contributed by atoms with Crippen molar-refractivity contribution < 1.29 is 13.2 Å². The number of alkyl halides is 3. The molecule has 1 aliphatic rings. The van der Waals surface area contributed by atoms with Crippen molar-refractivity contribution in [3.63, 3.8) is 0 Å². The van der Waals surface area contributed by atoms with Gasteiger partial charge in [-0.2, -0.15) is 13.2 Å². The molecule has 0 saturated heterocycles. The smallest absolute Gasteiger partial charge is 0.339 e. The number of hydrogen-bond donors (Lipinski definition) is 0. The number of benzene rings is 1. The van der Waals surface area contributed by atoms with Crippen molar-refractivity contribution >= 4 is 22.9 Å². The molecule has 0 bridgehead atoms. The van der Waals surface area contributed by atoms with E-state index in [2.05, 4.69) is 0 Å². The van der Waals surface area contributed by atoms with Crippen molar-refractivity contribution in [2.75, 3.05) is 11.9 Å². The molecule has 15 heavy (non-hydrogen) atoms. The number of likely N-dealkylation sites (N-methyl/N-ethyl adjacent to an activating group) is 1. The minimum atomic E-state index is -4.28. The zero-order valence-corrected chi connectivity index (χ0v) is 8.75. The lowest BCUT2D eigenvalue weighted by atomic mass is 10.1. The maximum atomic E-state index is 12.4. The van der Waals surface area contributed by atoms with Crippen molar-refractivity contribution in [2.45, 2.75) is 12.6 Å². The van der Waals surface area contributed by atoms with E-state index in [1.807, 2.05) is 0 Å². The topological polar surface area (TPSA) is 3.24 Å². The number of thiocarbonyl (C=S) groups is 1. The molecule has 0 radical (unpaired) electrons. The monoisotopic (exact) mass is 231 g/mol. The molecule has 0 spiro atoms. The van der Waals surface area contributed by atoms with Gasteiger partial charge >= 0.3 is 6.18 Å². The molecule has 5 heteroatoms. The quantitative estimate of drug-likeness (QED) is 0.631. The summed E-state index contributed by atoms with van der Waals surface area (Å²) in [5.41, 5.74) is 0.810. The zero-order valence-electron chi connectivity index (χ0n) is 7.93. The van der Waals surface area contributed by atoms with Gasteiger partial charge in [-0.3, -0.25) is 0 Å². The highest BCUT2D eigenvalue weighted by atomic mass is 32.1. The van der Waals surface area contributed by atoms with Crippen molar-refractivity contribution in [1.29, 1.82) is 0 Å². The highest BCUT2D eigenvalue weighted by Gasteiger charge is 2.32. The van der Waals surface area contributed by atoms with Crippen LogP contribution in [0.2, 0.25) is 0 Å². The first-order valence-electron chi connectivity index (χ1n) is 4.36. The first-order valence-corrected chi connectivity index (χ1v) is 4.77. The first-order chi connectivity index (χ1) is 6.89. The SMILES string of the molecule is CN1C(=S)Cc2cc(C(F)(F)F)ccc21. The van der Waals surface area contributed by atoms with E-state index in [-0.39, 0.29) is 0 Å². The van der Waals surface area contributed by atoms with E-state index in [0.29, 0.717) is 17.0 Å². The summed E-state index contributed by atoms with van der Waals surface area (Å²) < 4.78 is 37.2. The van der Waals surface area contributed by atoms with Gasteiger partial charge in [0, 0.05) is 19.2 Å². The van der Waals surface area contributed by atoms with Gasteiger partial charge in [-0.15, -0.1) is 0 Å². The Morgan fingerprint density at radius 2 is 2.00 bits per heavy atom. The second-order valence-corrected chi connectivity index (χ2v) is 3.94. The predicted molar refractivity (Wildman–Crippen MR) is 56.1 cm³/mol. The van der Waals surface area contributed by atoms with E-state index in [4.69, 9.17) is 12.2 Å². The van der Waals surface area contributed by atoms with Crippen molar-refractivity contribution in [1.82, 2.24) is 0 Å². The number of rotatable bonds is 0. The maximum absolute atomic E-state index is 12.4. The Balaban J connectivity index is 2.47. The molecular weight excluding hydrogens is 223 g/mol. The number of hydrogen-bond acceptors (Lipinski definition) is 1. The fourth-order valence-corrected chi connectivity index (χ4v) is 1.90. The van der Waals surface area contributed by atoms with E-state index in [1.165, 1.54) is 12.1 Å². The Labute approximate surface area is 90.5 Å². The van der Waals surface area contributed by atoms with E-state index < -0.39 is 11.7 Å². The molecule has 1 heterocycles. The van der Waals surface area contributed by atoms with Crippen LogP contribution in [0.1, 0.15) is 11.1 Å². The van der Waals surface area contributed by atoms with Crippen LogP contribution >= 0.6 is 12.2 Å². The van der Waals surface area contributed by atoms with Crippen LogP contribution < -0.4 is 4.90 Å². The van der Waals surface area contributed by atoms with Crippen LogP contribution in [0, 0.1) is 0 Å². The van der Waals surface area contributed by atoms with Gasteiger partial charge in [0.25, 0.3) is 0 Å². The molecule has 0 atom stereocenters. The van der Waals surface area contributed by atoms with Gasteiger partial charge in [0.05, 0.1) is 10.6 Å². The average Bonchev–Trinajstić information content (AvgIpc) is 2.41. The molecule has 0 amide bonds. The molecule has 0 fully saturated rings. The Morgan fingerprint density at radius 3 is 2.60 bits per heavy atom. The summed E-state index contributed by atoms with van der Waals surface area (Å²) >= 11 is 5.03. The summed E-state index contributed by atoms with van der Waals surface area (Å²) in [4.78, 5) is 2.40. The molecule has 80 valence electrons. The van der Waals surface area contributed by atoms with Crippen molar-refractivity contribution in [2.24, 2.45) is 0 Å².